The second kappa shape index (κ2) is 8.97. The van der Waals surface area contributed by atoms with Crippen LogP contribution < -0.4 is 5.32 Å². The lowest BCUT2D eigenvalue weighted by Crippen LogP contribution is -2.44. The molecule has 6 heteroatoms. The largest absolute Gasteiger partial charge is 0.460 e. The highest BCUT2D eigenvalue weighted by atomic mass is 35.5. The zero-order valence-corrected chi connectivity index (χ0v) is 12.5. The van der Waals surface area contributed by atoms with Crippen molar-refractivity contribution in [2.24, 2.45) is 0 Å². The number of nitrogens with one attached hydrogen (secondary N) is 1. The number of hydrogen-bond acceptors (Lipinski definition) is 4. The van der Waals surface area contributed by atoms with Gasteiger partial charge in [0.1, 0.15) is 5.60 Å². The summed E-state index contributed by atoms with van der Waals surface area (Å²) < 4.78 is 5.25. The van der Waals surface area contributed by atoms with Gasteiger partial charge in [-0.1, -0.05) is 0 Å². The SMILES string of the molecule is CC(C)(C)OC(=O)CCN1CCNCC1.Cl.Cl. The average Bonchev–Trinajstić information content (AvgIpc) is 2.14. The predicted molar refractivity (Wildman–Crippen MR) is 74.3 cm³/mol. The van der Waals surface area contributed by atoms with Crippen LogP contribution in [-0.2, 0) is 9.53 Å². The molecule has 0 amide bonds. The lowest BCUT2D eigenvalue weighted by Gasteiger charge is -2.27. The van der Waals surface area contributed by atoms with Gasteiger partial charge in [-0.05, 0) is 20.8 Å². The Balaban J connectivity index is 0. The minimum absolute atomic E-state index is 0. The maximum absolute atomic E-state index is 11.4. The summed E-state index contributed by atoms with van der Waals surface area (Å²) in [5.41, 5.74) is -0.361. The van der Waals surface area contributed by atoms with Crippen LogP contribution in [-0.4, -0.2) is 49.2 Å². The normalized spacial score (nSPS) is 16.6. The Bertz CT molecular complexity index is 214. The van der Waals surface area contributed by atoms with Gasteiger partial charge in [0, 0.05) is 32.7 Å². The smallest absolute Gasteiger partial charge is 0.307 e. The molecule has 104 valence electrons. The number of carbonyl (C=O) groups excluding carboxylic acids is 1. The Kier molecular flexibility index (Phi) is 10.2. The first kappa shape index (κ1) is 19.3. The molecule has 1 rings (SSSR count). The van der Waals surface area contributed by atoms with Gasteiger partial charge in [-0.15, -0.1) is 24.8 Å². The topological polar surface area (TPSA) is 41.6 Å². The summed E-state index contributed by atoms with van der Waals surface area (Å²) in [6.45, 7) is 10.6. The number of rotatable bonds is 3. The summed E-state index contributed by atoms with van der Waals surface area (Å²) in [5, 5.41) is 3.28. The van der Waals surface area contributed by atoms with E-state index in [0.29, 0.717) is 6.42 Å². The molecule has 0 aromatic heterocycles. The molecule has 1 heterocycles. The molecule has 4 nitrogen and oxygen atoms in total. The molecule has 1 aliphatic heterocycles. The third-order valence-electron chi connectivity index (χ3n) is 2.26. The molecule has 17 heavy (non-hydrogen) atoms. The van der Waals surface area contributed by atoms with Crippen molar-refractivity contribution in [2.45, 2.75) is 32.8 Å². The first-order chi connectivity index (χ1) is 6.97. The van der Waals surface area contributed by atoms with Gasteiger partial charge >= 0.3 is 5.97 Å². The Morgan fingerprint density at radius 3 is 2.24 bits per heavy atom. The summed E-state index contributed by atoms with van der Waals surface area (Å²) in [6, 6.07) is 0. The quantitative estimate of drug-likeness (QED) is 0.798. The molecule has 0 saturated carbocycles. The van der Waals surface area contributed by atoms with E-state index in [9.17, 15) is 4.79 Å². The van der Waals surface area contributed by atoms with Gasteiger partial charge in [-0.3, -0.25) is 4.79 Å². The lowest BCUT2D eigenvalue weighted by molar-refractivity contribution is -0.155. The fourth-order valence-corrected chi connectivity index (χ4v) is 1.58. The van der Waals surface area contributed by atoms with Crippen LogP contribution in [0.2, 0.25) is 0 Å². The molecule has 0 unspecified atom stereocenters. The molecule has 0 radical (unpaired) electrons. The Labute approximate surface area is 116 Å². The van der Waals surface area contributed by atoms with Gasteiger partial charge in [0.05, 0.1) is 6.42 Å². The predicted octanol–water partition coefficient (Wildman–Crippen LogP) is 1.47. The van der Waals surface area contributed by atoms with Crippen molar-refractivity contribution in [2.75, 3.05) is 32.7 Å². The summed E-state index contributed by atoms with van der Waals surface area (Å²) in [4.78, 5) is 13.7. The fourth-order valence-electron chi connectivity index (χ4n) is 1.58. The van der Waals surface area contributed by atoms with Crippen LogP contribution in [0.4, 0.5) is 0 Å². The van der Waals surface area contributed by atoms with Crippen molar-refractivity contribution in [1.29, 1.82) is 0 Å². The van der Waals surface area contributed by atoms with E-state index >= 15 is 0 Å². The molecule has 1 aliphatic rings. The maximum Gasteiger partial charge on any atom is 0.307 e. The van der Waals surface area contributed by atoms with Crippen molar-refractivity contribution in [1.82, 2.24) is 10.2 Å². The molecule has 0 aliphatic carbocycles. The summed E-state index contributed by atoms with van der Waals surface area (Å²) in [7, 11) is 0. The monoisotopic (exact) mass is 286 g/mol. The van der Waals surface area contributed by atoms with Gasteiger partial charge < -0.3 is 15.0 Å². The Hall–Kier alpha value is -0.0300. The number of carbonyl (C=O) groups is 1. The van der Waals surface area contributed by atoms with Gasteiger partial charge in [0.2, 0.25) is 0 Å². The third kappa shape index (κ3) is 9.65. The van der Waals surface area contributed by atoms with Crippen molar-refractivity contribution in [3.05, 3.63) is 0 Å². The molecule has 0 atom stereocenters. The van der Waals surface area contributed by atoms with E-state index in [0.717, 1.165) is 32.7 Å². The zero-order chi connectivity index (χ0) is 11.3. The number of hydrogen-bond donors (Lipinski definition) is 1. The van der Waals surface area contributed by atoms with E-state index in [1.807, 2.05) is 20.8 Å². The zero-order valence-electron chi connectivity index (χ0n) is 10.8. The van der Waals surface area contributed by atoms with E-state index in [-0.39, 0.29) is 36.4 Å². The van der Waals surface area contributed by atoms with Crippen molar-refractivity contribution < 1.29 is 9.53 Å². The van der Waals surface area contributed by atoms with Crippen molar-refractivity contribution >= 4 is 30.8 Å². The van der Waals surface area contributed by atoms with Crippen molar-refractivity contribution in [3.8, 4) is 0 Å². The molecular formula is C11H24Cl2N2O2. The molecule has 1 saturated heterocycles. The summed E-state index contributed by atoms with van der Waals surface area (Å²) >= 11 is 0. The number of nitrogens with zero attached hydrogens (tertiary/aromatic N) is 1. The van der Waals surface area contributed by atoms with Crippen LogP contribution in [0.5, 0.6) is 0 Å². The van der Waals surface area contributed by atoms with Crippen LogP contribution in [0.1, 0.15) is 27.2 Å². The molecule has 1 fully saturated rings. The van der Waals surface area contributed by atoms with Gasteiger partial charge in [-0.25, -0.2) is 0 Å². The molecule has 0 aromatic rings. The number of esters is 1. The van der Waals surface area contributed by atoms with Gasteiger partial charge in [0.25, 0.3) is 0 Å². The van der Waals surface area contributed by atoms with E-state index in [4.69, 9.17) is 4.74 Å². The fraction of sp³-hybridized carbons (Fsp3) is 0.909. The minimum Gasteiger partial charge on any atom is -0.460 e. The van der Waals surface area contributed by atoms with Crippen LogP contribution in [0, 0.1) is 0 Å². The average molecular weight is 287 g/mol. The number of halogens is 2. The first-order valence-corrected chi connectivity index (χ1v) is 5.62. The third-order valence-corrected chi connectivity index (χ3v) is 2.26. The number of piperazine rings is 1. The minimum atomic E-state index is -0.361. The summed E-state index contributed by atoms with van der Waals surface area (Å²) in [6.07, 6.45) is 0.497. The van der Waals surface area contributed by atoms with E-state index in [1.165, 1.54) is 0 Å². The maximum atomic E-state index is 11.4. The Morgan fingerprint density at radius 2 is 1.76 bits per heavy atom. The highest BCUT2D eigenvalue weighted by Crippen LogP contribution is 2.08. The molecular weight excluding hydrogens is 263 g/mol. The second-order valence-corrected chi connectivity index (χ2v) is 4.93. The van der Waals surface area contributed by atoms with E-state index in [1.54, 1.807) is 0 Å². The van der Waals surface area contributed by atoms with Crippen LogP contribution in [0.3, 0.4) is 0 Å². The van der Waals surface area contributed by atoms with Crippen molar-refractivity contribution in [3.63, 3.8) is 0 Å². The second-order valence-electron chi connectivity index (χ2n) is 4.93. The molecule has 0 aromatic carbocycles. The Morgan fingerprint density at radius 1 is 1.24 bits per heavy atom. The first-order valence-electron chi connectivity index (χ1n) is 5.62. The molecule has 0 spiro atoms. The summed E-state index contributed by atoms with van der Waals surface area (Å²) in [5.74, 6) is -0.0963. The standard InChI is InChI=1S/C11H22N2O2.2ClH/c1-11(2,3)15-10(14)4-7-13-8-5-12-6-9-13;;/h12H,4-9H2,1-3H3;2*1H. The lowest BCUT2D eigenvalue weighted by atomic mass is 10.2. The van der Waals surface area contributed by atoms with Gasteiger partial charge in [-0.2, -0.15) is 0 Å². The number of ether oxygens (including phenoxy) is 1. The molecule has 1 N–H and O–H groups in total. The van der Waals surface area contributed by atoms with Crippen LogP contribution >= 0.6 is 24.8 Å². The van der Waals surface area contributed by atoms with Crippen LogP contribution in [0.15, 0.2) is 0 Å². The van der Waals surface area contributed by atoms with E-state index in [2.05, 4.69) is 10.2 Å². The van der Waals surface area contributed by atoms with Gasteiger partial charge in [0.15, 0.2) is 0 Å². The highest BCUT2D eigenvalue weighted by Gasteiger charge is 2.17. The van der Waals surface area contributed by atoms with Crippen LogP contribution in [0.25, 0.3) is 0 Å². The highest BCUT2D eigenvalue weighted by molar-refractivity contribution is 5.85. The van der Waals surface area contributed by atoms with E-state index < -0.39 is 0 Å². The molecule has 0 bridgehead atoms.